The molecular weight excluding hydrogens is 322 g/mol. The summed E-state index contributed by atoms with van der Waals surface area (Å²) in [5.41, 5.74) is 2.49. The highest BCUT2D eigenvalue weighted by Crippen LogP contribution is 2.43. The van der Waals surface area contributed by atoms with Gasteiger partial charge in [0.2, 0.25) is 6.79 Å². The van der Waals surface area contributed by atoms with Crippen molar-refractivity contribution in [1.29, 1.82) is 0 Å². The van der Waals surface area contributed by atoms with E-state index in [1.54, 1.807) is 12.1 Å². The van der Waals surface area contributed by atoms with Crippen molar-refractivity contribution in [3.8, 4) is 45.6 Å². The molecule has 0 amide bonds. The van der Waals surface area contributed by atoms with Gasteiger partial charge in [0.05, 0.1) is 0 Å². The zero-order chi connectivity index (χ0) is 17.6. The molecule has 0 spiro atoms. The van der Waals surface area contributed by atoms with Crippen LogP contribution in [0.25, 0.3) is 22.6 Å². The van der Waals surface area contributed by atoms with Crippen molar-refractivity contribution in [2.75, 3.05) is 6.79 Å². The molecule has 2 aromatic carbocycles. The highest BCUT2D eigenvalue weighted by molar-refractivity contribution is 5.81. The van der Waals surface area contributed by atoms with Gasteiger partial charge in [-0.3, -0.25) is 0 Å². The van der Waals surface area contributed by atoms with Gasteiger partial charge in [-0.1, -0.05) is 13.8 Å². The van der Waals surface area contributed by atoms with Crippen LogP contribution in [0.3, 0.4) is 0 Å². The molecule has 0 fully saturated rings. The van der Waals surface area contributed by atoms with Crippen molar-refractivity contribution in [2.24, 2.45) is 0 Å². The lowest BCUT2D eigenvalue weighted by atomic mass is 9.96. The fourth-order valence-electron chi connectivity index (χ4n) is 2.93. The molecule has 2 N–H and O–H groups in total. The number of hydrogen-bond donors (Lipinski definition) is 2. The Bertz CT molecular complexity index is 945. The number of hydrogen-bond acceptors (Lipinski definition) is 6. The standard InChI is InChI=1S/C19H17NO5/c1-10(2)12-6-13(15(22)7-14(12)21)18-19(23-8-20-18)11-3-4-16-17(5-11)25-9-24-16/h3-8,10,21-22H,9H2,1-2H3. The molecule has 1 aliphatic heterocycles. The Hall–Kier alpha value is -3.15. The summed E-state index contributed by atoms with van der Waals surface area (Å²) in [7, 11) is 0. The molecule has 1 aromatic heterocycles. The van der Waals surface area contributed by atoms with Crippen LogP contribution in [0.4, 0.5) is 0 Å². The second-order valence-corrected chi connectivity index (χ2v) is 6.18. The van der Waals surface area contributed by atoms with E-state index in [1.165, 1.54) is 12.5 Å². The predicted molar refractivity (Wildman–Crippen MR) is 90.9 cm³/mol. The van der Waals surface area contributed by atoms with Crippen molar-refractivity contribution in [3.63, 3.8) is 0 Å². The first-order valence-corrected chi connectivity index (χ1v) is 7.94. The van der Waals surface area contributed by atoms with Crippen LogP contribution < -0.4 is 9.47 Å². The lowest BCUT2D eigenvalue weighted by Crippen LogP contribution is -1.93. The number of phenols is 2. The topological polar surface area (TPSA) is 85.0 Å². The van der Waals surface area contributed by atoms with Crippen LogP contribution in [0.1, 0.15) is 25.3 Å². The van der Waals surface area contributed by atoms with Crippen LogP contribution in [-0.2, 0) is 0 Å². The first kappa shape index (κ1) is 15.4. The summed E-state index contributed by atoms with van der Waals surface area (Å²) >= 11 is 0. The smallest absolute Gasteiger partial charge is 0.231 e. The minimum atomic E-state index is -0.0576. The molecule has 0 unspecified atom stereocenters. The maximum absolute atomic E-state index is 10.3. The number of oxazole rings is 1. The average Bonchev–Trinajstić information content (AvgIpc) is 3.22. The molecule has 128 valence electrons. The summed E-state index contributed by atoms with van der Waals surface area (Å²) in [6.45, 7) is 4.13. The summed E-state index contributed by atoms with van der Waals surface area (Å²) in [4.78, 5) is 4.27. The zero-order valence-corrected chi connectivity index (χ0v) is 13.8. The summed E-state index contributed by atoms with van der Waals surface area (Å²) in [5.74, 6) is 1.92. The van der Waals surface area contributed by atoms with Gasteiger partial charge in [0.15, 0.2) is 23.7 Å². The van der Waals surface area contributed by atoms with Crippen molar-refractivity contribution >= 4 is 0 Å². The van der Waals surface area contributed by atoms with Gasteiger partial charge in [-0.15, -0.1) is 0 Å². The van der Waals surface area contributed by atoms with Crippen molar-refractivity contribution < 1.29 is 24.1 Å². The summed E-state index contributed by atoms with van der Waals surface area (Å²) < 4.78 is 16.3. The minimum Gasteiger partial charge on any atom is -0.508 e. The number of nitrogens with zero attached hydrogens (tertiary/aromatic N) is 1. The maximum atomic E-state index is 10.3. The van der Waals surface area contributed by atoms with Gasteiger partial charge in [0.25, 0.3) is 0 Å². The van der Waals surface area contributed by atoms with E-state index in [1.807, 2.05) is 26.0 Å². The summed E-state index contributed by atoms with van der Waals surface area (Å²) in [5, 5.41) is 20.4. The minimum absolute atomic E-state index is 0.0576. The van der Waals surface area contributed by atoms with Crippen LogP contribution in [0.5, 0.6) is 23.0 Å². The highest BCUT2D eigenvalue weighted by atomic mass is 16.7. The van der Waals surface area contributed by atoms with Crippen LogP contribution >= 0.6 is 0 Å². The number of phenolic OH excluding ortho intramolecular Hbond substituents is 2. The largest absolute Gasteiger partial charge is 0.508 e. The first-order valence-electron chi connectivity index (χ1n) is 7.94. The van der Waals surface area contributed by atoms with Crippen molar-refractivity contribution in [2.45, 2.75) is 19.8 Å². The molecule has 1 aliphatic rings. The second-order valence-electron chi connectivity index (χ2n) is 6.18. The van der Waals surface area contributed by atoms with Gasteiger partial charge in [-0.05, 0) is 35.7 Å². The monoisotopic (exact) mass is 339 g/mol. The molecule has 25 heavy (non-hydrogen) atoms. The Kier molecular flexibility index (Phi) is 3.53. The molecule has 4 rings (SSSR count). The molecule has 0 atom stereocenters. The van der Waals surface area contributed by atoms with Crippen LogP contribution in [-0.4, -0.2) is 22.0 Å². The highest BCUT2D eigenvalue weighted by Gasteiger charge is 2.21. The Morgan fingerprint density at radius 3 is 2.60 bits per heavy atom. The van der Waals surface area contributed by atoms with E-state index in [0.717, 1.165) is 11.1 Å². The van der Waals surface area contributed by atoms with Crippen molar-refractivity contribution in [3.05, 3.63) is 42.3 Å². The molecule has 0 aliphatic carbocycles. The number of aromatic hydroxyl groups is 2. The molecular formula is C19H17NO5. The Balaban J connectivity index is 1.84. The molecule has 6 nitrogen and oxygen atoms in total. The third kappa shape index (κ3) is 2.55. The number of fused-ring (bicyclic) bond motifs is 1. The average molecular weight is 339 g/mol. The van der Waals surface area contributed by atoms with Gasteiger partial charge < -0.3 is 24.1 Å². The van der Waals surface area contributed by atoms with E-state index in [2.05, 4.69) is 4.98 Å². The molecule has 0 bridgehead atoms. The second kappa shape index (κ2) is 5.73. The lowest BCUT2D eigenvalue weighted by molar-refractivity contribution is 0.174. The molecule has 3 aromatic rings. The van der Waals surface area contributed by atoms with Gasteiger partial charge in [-0.25, -0.2) is 4.98 Å². The van der Waals surface area contributed by atoms with Gasteiger partial charge in [0.1, 0.15) is 17.2 Å². The Labute approximate surface area is 144 Å². The van der Waals surface area contributed by atoms with Gasteiger partial charge in [-0.2, -0.15) is 0 Å². The molecule has 0 radical (unpaired) electrons. The normalized spacial score (nSPS) is 12.8. The fraction of sp³-hybridized carbons (Fsp3) is 0.211. The van der Waals surface area contributed by atoms with Gasteiger partial charge in [0, 0.05) is 17.2 Å². The predicted octanol–water partition coefficient (Wildman–Crippen LogP) is 4.27. The molecule has 0 saturated carbocycles. The maximum Gasteiger partial charge on any atom is 0.231 e. The Morgan fingerprint density at radius 1 is 1.00 bits per heavy atom. The van der Waals surface area contributed by atoms with E-state index in [4.69, 9.17) is 13.9 Å². The van der Waals surface area contributed by atoms with Crippen molar-refractivity contribution in [1.82, 2.24) is 4.98 Å². The number of aromatic nitrogens is 1. The number of ether oxygens (including phenoxy) is 2. The Morgan fingerprint density at radius 2 is 1.80 bits per heavy atom. The van der Waals surface area contributed by atoms with E-state index < -0.39 is 0 Å². The quantitative estimate of drug-likeness (QED) is 0.741. The molecule has 6 heteroatoms. The van der Waals surface area contributed by atoms with Crippen LogP contribution in [0.15, 0.2) is 41.1 Å². The SMILES string of the molecule is CC(C)c1cc(-c2ncoc2-c2ccc3c(c2)OCO3)c(O)cc1O. The fourth-order valence-corrected chi connectivity index (χ4v) is 2.93. The first-order chi connectivity index (χ1) is 12.0. The molecule has 0 saturated heterocycles. The van der Waals surface area contributed by atoms with E-state index in [0.29, 0.717) is 28.5 Å². The van der Waals surface area contributed by atoms with Gasteiger partial charge >= 0.3 is 0 Å². The van der Waals surface area contributed by atoms with E-state index >= 15 is 0 Å². The lowest BCUT2D eigenvalue weighted by Gasteiger charge is -2.12. The zero-order valence-electron chi connectivity index (χ0n) is 13.8. The summed E-state index contributed by atoms with van der Waals surface area (Å²) in [6.07, 6.45) is 1.33. The summed E-state index contributed by atoms with van der Waals surface area (Å²) in [6, 6.07) is 8.54. The van der Waals surface area contributed by atoms with E-state index in [-0.39, 0.29) is 24.2 Å². The third-order valence-electron chi connectivity index (χ3n) is 4.22. The number of benzene rings is 2. The third-order valence-corrected chi connectivity index (χ3v) is 4.22. The van der Waals surface area contributed by atoms with Crippen LogP contribution in [0.2, 0.25) is 0 Å². The van der Waals surface area contributed by atoms with Crippen LogP contribution in [0, 0.1) is 0 Å². The number of rotatable bonds is 3. The molecule has 2 heterocycles. The van der Waals surface area contributed by atoms with E-state index in [9.17, 15) is 10.2 Å².